The predicted octanol–water partition coefficient (Wildman–Crippen LogP) is 5.62. The van der Waals surface area contributed by atoms with Crippen molar-refractivity contribution >= 4 is 23.1 Å². The molecule has 1 aliphatic rings. The minimum Gasteiger partial charge on any atom is -0.507 e. The molecular formula is C25H16F5NO4. The summed E-state index contributed by atoms with van der Waals surface area (Å²) in [6, 6.07) is 9.98. The number of hydrogen-bond donors (Lipinski definition) is 1. The van der Waals surface area contributed by atoms with Gasteiger partial charge < -0.3 is 9.84 Å². The minimum absolute atomic E-state index is 0.00230. The number of alkyl halides is 3. The van der Waals surface area contributed by atoms with Crippen molar-refractivity contribution in [2.45, 2.75) is 12.2 Å². The zero-order valence-electron chi connectivity index (χ0n) is 17.9. The lowest BCUT2D eigenvalue weighted by Crippen LogP contribution is -2.29. The molecule has 3 aromatic carbocycles. The summed E-state index contributed by atoms with van der Waals surface area (Å²) in [5.74, 6) is -4.44. The lowest BCUT2D eigenvalue weighted by Gasteiger charge is -2.26. The first-order valence-electron chi connectivity index (χ1n) is 10.1. The second-order valence-corrected chi connectivity index (χ2v) is 7.61. The number of ether oxygens (including phenoxy) is 1. The summed E-state index contributed by atoms with van der Waals surface area (Å²) in [6.45, 7) is 0. The number of hydrogen-bond acceptors (Lipinski definition) is 4. The highest BCUT2D eigenvalue weighted by molar-refractivity contribution is 6.51. The van der Waals surface area contributed by atoms with Crippen LogP contribution in [0.15, 0.2) is 72.3 Å². The van der Waals surface area contributed by atoms with Crippen LogP contribution >= 0.6 is 0 Å². The molecular weight excluding hydrogens is 473 g/mol. The maximum absolute atomic E-state index is 14.0. The van der Waals surface area contributed by atoms with Crippen LogP contribution in [0, 0.1) is 11.6 Å². The molecule has 1 saturated heterocycles. The Morgan fingerprint density at radius 1 is 0.914 bits per heavy atom. The van der Waals surface area contributed by atoms with Crippen molar-refractivity contribution in [3.63, 3.8) is 0 Å². The molecule has 0 radical (unpaired) electrons. The number of methoxy groups -OCH3 is 1. The van der Waals surface area contributed by atoms with Gasteiger partial charge >= 0.3 is 6.18 Å². The van der Waals surface area contributed by atoms with Crippen LogP contribution in [0.4, 0.5) is 27.6 Å². The van der Waals surface area contributed by atoms with Crippen molar-refractivity contribution in [3.8, 4) is 5.75 Å². The Hall–Kier alpha value is -4.21. The molecule has 0 aliphatic carbocycles. The second-order valence-electron chi connectivity index (χ2n) is 7.61. The molecule has 1 atom stereocenters. The average Bonchev–Trinajstić information content (AvgIpc) is 3.09. The fraction of sp³-hybridized carbons (Fsp3) is 0.120. The number of rotatable bonds is 4. The highest BCUT2D eigenvalue weighted by atomic mass is 19.4. The van der Waals surface area contributed by atoms with Crippen LogP contribution in [-0.4, -0.2) is 23.9 Å². The third-order valence-corrected chi connectivity index (χ3v) is 5.52. The summed E-state index contributed by atoms with van der Waals surface area (Å²) in [6.07, 6.45) is -4.63. The van der Waals surface area contributed by atoms with E-state index < -0.39 is 52.4 Å². The number of carbonyl (C=O) groups excluding carboxylic acids is 2. The minimum atomic E-state index is -4.63. The number of halogens is 5. The molecule has 0 spiro atoms. The highest BCUT2D eigenvalue weighted by Crippen LogP contribution is 2.44. The van der Waals surface area contributed by atoms with E-state index in [-0.39, 0.29) is 22.6 Å². The monoisotopic (exact) mass is 489 g/mol. The number of ketones is 1. The molecule has 0 bridgehead atoms. The van der Waals surface area contributed by atoms with Gasteiger partial charge in [-0.15, -0.1) is 0 Å². The molecule has 1 N–H and O–H groups in total. The molecule has 180 valence electrons. The Morgan fingerprint density at radius 3 is 2.09 bits per heavy atom. The van der Waals surface area contributed by atoms with Gasteiger partial charge in [-0.25, -0.2) is 8.78 Å². The summed E-state index contributed by atoms with van der Waals surface area (Å²) in [5, 5.41) is 11.1. The van der Waals surface area contributed by atoms with Crippen LogP contribution in [0.25, 0.3) is 5.76 Å². The number of Topliss-reactive ketones (excluding diaryl/α,β-unsaturated/α-hetero) is 1. The van der Waals surface area contributed by atoms with Crippen molar-refractivity contribution in [3.05, 3.63) is 101 Å². The van der Waals surface area contributed by atoms with Gasteiger partial charge in [0.1, 0.15) is 23.1 Å². The Morgan fingerprint density at radius 2 is 1.51 bits per heavy atom. The van der Waals surface area contributed by atoms with Gasteiger partial charge in [0.15, 0.2) is 0 Å². The zero-order chi connectivity index (χ0) is 25.5. The molecule has 1 unspecified atom stereocenters. The topological polar surface area (TPSA) is 66.8 Å². The van der Waals surface area contributed by atoms with E-state index in [1.54, 1.807) is 0 Å². The number of aliphatic hydroxyl groups is 1. The Bertz CT molecular complexity index is 1330. The van der Waals surface area contributed by atoms with E-state index in [9.17, 15) is 36.6 Å². The first-order valence-corrected chi connectivity index (χ1v) is 10.1. The van der Waals surface area contributed by atoms with Crippen molar-refractivity contribution < 1.29 is 41.4 Å². The molecule has 1 aliphatic heterocycles. The van der Waals surface area contributed by atoms with Gasteiger partial charge in [0.25, 0.3) is 11.7 Å². The van der Waals surface area contributed by atoms with Crippen LogP contribution in [-0.2, 0) is 15.8 Å². The summed E-state index contributed by atoms with van der Waals surface area (Å²) < 4.78 is 71.7. The standard InChI is InChI=1S/C25H16F5NO4/c1-35-19-11-8-16(27)12-18(19)22(32)20-21(13-2-6-15(26)7-3-13)31(24(34)23(20)33)17-9-4-14(5-10-17)25(28,29)30/h2-12,21,32H,1H3/b22-20+. The number of carbonyl (C=O) groups is 2. The molecule has 1 heterocycles. The highest BCUT2D eigenvalue weighted by Gasteiger charge is 2.47. The van der Waals surface area contributed by atoms with Crippen LogP contribution in [0.5, 0.6) is 5.75 Å². The van der Waals surface area contributed by atoms with Gasteiger partial charge in [0.05, 0.1) is 29.9 Å². The van der Waals surface area contributed by atoms with Gasteiger partial charge in [-0.1, -0.05) is 12.1 Å². The van der Waals surface area contributed by atoms with Gasteiger partial charge in [0.2, 0.25) is 0 Å². The van der Waals surface area contributed by atoms with E-state index in [1.807, 2.05) is 0 Å². The molecule has 0 aromatic heterocycles. The largest absolute Gasteiger partial charge is 0.507 e. The second kappa shape index (κ2) is 8.86. The summed E-state index contributed by atoms with van der Waals surface area (Å²) in [5.41, 5.74) is -1.54. The van der Waals surface area contributed by atoms with E-state index in [0.29, 0.717) is 0 Å². The summed E-state index contributed by atoms with van der Waals surface area (Å²) >= 11 is 0. The van der Waals surface area contributed by atoms with E-state index >= 15 is 0 Å². The van der Waals surface area contributed by atoms with Crippen LogP contribution < -0.4 is 9.64 Å². The lowest BCUT2D eigenvalue weighted by molar-refractivity contribution is -0.137. The number of amides is 1. The Kier molecular flexibility index (Phi) is 6.06. The lowest BCUT2D eigenvalue weighted by atomic mass is 9.94. The van der Waals surface area contributed by atoms with Gasteiger partial charge in [-0.05, 0) is 60.2 Å². The van der Waals surface area contributed by atoms with Crippen LogP contribution in [0.2, 0.25) is 0 Å². The van der Waals surface area contributed by atoms with Crippen LogP contribution in [0.3, 0.4) is 0 Å². The molecule has 0 saturated carbocycles. The average molecular weight is 489 g/mol. The van der Waals surface area contributed by atoms with Crippen molar-refractivity contribution in [2.24, 2.45) is 0 Å². The third kappa shape index (κ3) is 4.34. The van der Waals surface area contributed by atoms with Crippen molar-refractivity contribution in [1.29, 1.82) is 0 Å². The van der Waals surface area contributed by atoms with E-state index in [4.69, 9.17) is 4.74 Å². The molecule has 10 heteroatoms. The van der Waals surface area contributed by atoms with Crippen molar-refractivity contribution in [2.75, 3.05) is 12.0 Å². The van der Waals surface area contributed by atoms with Gasteiger partial charge in [-0.2, -0.15) is 13.2 Å². The zero-order valence-corrected chi connectivity index (χ0v) is 17.9. The normalized spacial score (nSPS) is 17.7. The molecule has 5 nitrogen and oxygen atoms in total. The number of aliphatic hydroxyl groups excluding tert-OH is 1. The fourth-order valence-corrected chi connectivity index (χ4v) is 3.88. The number of benzene rings is 3. The van der Waals surface area contributed by atoms with Crippen LogP contribution in [0.1, 0.15) is 22.7 Å². The summed E-state index contributed by atoms with van der Waals surface area (Å²) in [7, 11) is 1.25. The number of anilines is 1. The Labute approximate surface area is 195 Å². The van der Waals surface area contributed by atoms with Gasteiger partial charge in [0, 0.05) is 5.69 Å². The first-order chi connectivity index (χ1) is 16.5. The quantitative estimate of drug-likeness (QED) is 0.224. The maximum Gasteiger partial charge on any atom is 0.416 e. The first kappa shape index (κ1) is 23.9. The molecule has 1 amide bonds. The van der Waals surface area contributed by atoms with E-state index in [1.165, 1.54) is 25.3 Å². The van der Waals surface area contributed by atoms with E-state index in [2.05, 4.69) is 0 Å². The van der Waals surface area contributed by atoms with Crippen molar-refractivity contribution in [1.82, 2.24) is 0 Å². The SMILES string of the molecule is COc1ccc(F)cc1/C(O)=C1\C(=O)C(=O)N(c2ccc(C(F)(F)F)cc2)C1c1ccc(F)cc1. The summed E-state index contributed by atoms with van der Waals surface area (Å²) in [4.78, 5) is 27.0. The molecule has 4 rings (SSSR count). The fourth-order valence-electron chi connectivity index (χ4n) is 3.88. The van der Waals surface area contributed by atoms with E-state index in [0.717, 1.165) is 53.4 Å². The number of nitrogens with zero attached hydrogens (tertiary/aromatic N) is 1. The van der Waals surface area contributed by atoms with Gasteiger partial charge in [-0.3, -0.25) is 14.5 Å². The third-order valence-electron chi connectivity index (χ3n) is 5.52. The molecule has 35 heavy (non-hydrogen) atoms. The molecule has 1 fully saturated rings. The Balaban J connectivity index is 1.94. The predicted molar refractivity (Wildman–Crippen MR) is 116 cm³/mol. The molecule has 3 aromatic rings. The maximum atomic E-state index is 14.0. The smallest absolute Gasteiger partial charge is 0.416 e.